The molecule has 0 bridgehead atoms. The van der Waals surface area contributed by atoms with Gasteiger partial charge in [0.05, 0.1) is 10.7 Å². The van der Waals surface area contributed by atoms with E-state index < -0.39 is 0 Å². The minimum Gasteiger partial charge on any atom is -0.393 e. The van der Waals surface area contributed by atoms with Gasteiger partial charge >= 0.3 is 0 Å². The van der Waals surface area contributed by atoms with Gasteiger partial charge in [0.1, 0.15) is 0 Å². The maximum Gasteiger partial charge on any atom is 0.234 e. The highest BCUT2D eigenvalue weighted by atomic mass is 35.5. The Bertz CT molecular complexity index is 437. The van der Waals surface area contributed by atoms with Crippen molar-refractivity contribution in [2.45, 2.75) is 6.92 Å². The van der Waals surface area contributed by atoms with Crippen LogP contribution < -0.4 is 11.1 Å². The van der Waals surface area contributed by atoms with Crippen LogP contribution in [0.15, 0.2) is 18.2 Å². The smallest absolute Gasteiger partial charge is 0.234 e. The summed E-state index contributed by atoms with van der Waals surface area (Å²) >= 11 is 11.9. The van der Waals surface area contributed by atoms with Crippen LogP contribution in [0.4, 0.5) is 5.69 Å². The maximum atomic E-state index is 11.6. The van der Waals surface area contributed by atoms with E-state index in [0.717, 1.165) is 11.3 Å². The molecule has 0 aromatic heterocycles. The molecule has 3 nitrogen and oxygen atoms in total. The number of halogens is 1. The first-order chi connectivity index (χ1) is 7.99. The van der Waals surface area contributed by atoms with Crippen LogP contribution in [-0.4, -0.2) is 22.4 Å². The molecule has 1 amide bonds. The quantitative estimate of drug-likeness (QED) is 0.818. The number of hydrogen-bond donors (Lipinski definition) is 2. The molecule has 17 heavy (non-hydrogen) atoms. The molecule has 0 aliphatic rings. The number of aryl methyl sites for hydroxylation is 1. The van der Waals surface area contributed by atoms with E-state index in [-0.39, 0.29) is 5.91 Å². The van der Waals surface area contributed by atoms with Crippen molar-refractivity contribution < 1.29 is 4.79 Å². The molecule has 0 aliphatic carbocycles. The summed E-state index contributed by atoms with van der Waals surface area (Å²) in [7, 11) is 0. The minimum atomic E-state index is -0.0725. The Morgan fingerprint density at radius 3 is 2.82 bits per heavy atom. The molecule has 0 saturated heterocycles. The zero-order valence-electron chi connectivity index (χ0n) is 9.33. The number of rotatable bonds is 5. The number of anilines is 1. The summed E-state index contributed by atoms with van der Waals surface area (Å²) in [6.07, 6.45) is 0. The van der Waals surface area contributed by atoms with Gasteiger partial charge in [0, 0.05) is 16.5 Å². The lowest BCUT2D eigenvalue weighted by Gasteiger charge is -2.08. The van der Waals surface area contributed by atoms with E-state index in [2.05, 4.69) is 5.32 Å². The maximum absolute atomic E-state index is 11.6. The molecular formula is C11H13ClN2OS2. The molecule has 0 radical (unpaired) electrons. The number of amides is 1. The first-order valence-electron chi connectivity index (χ1n) is 4.91. The van der Waals surface area contributed by atoms with E-state index in [9.17, 15) is 4.79 Å². The molecule has 1 rings (SSSR count). The SMILES string of the molecule is Cc1cc(Cl)ccc1NC(=O)CSCC(N)=S. The second kappa shape index (κ2) is 6.83. The van der Waals surface area contributed by atoms with Crippen LogP contribution in [-0.2, 0) is 4.79 Å². The number of carbonyl (C=O) groups is 1. The van der Waals surface area contributed by atoms with E-state index in [1.807, 2.05) is 6.92 Å². The first-order valence-corrected chi connectivity index (χ1v) is 6.85. The Morgan fingerprint density at radius 2 is 2.24 bits per heavy atom. The summed E-state index contributed by atoms with van der Waals surface area (Å²) in [6, 6.07) is 5.33. The Balaban J connectivity index is 2.48. The van der Waals surface area contributed by atoms with E-state index in [1.54, 1.807) is 18.2 Å². The summed E-state index contributed by atoms with van der Waals surface area (Å²) in [5.74, 6) is 0.776. The van der Waals surface area contributed by atoms with Crippen molar-refractivity contribution in [2.24, 2.45) is 5.73 Å². The average molecular weight is 289 g/mol. The van der Waals surface area contributed by atoms with Gasteiger partial charge in [0.2, 0.25) is 5.91 Å². The van der Waals surface area contributed by atoms with Gasteiger partial charge in [-0.1, -0.05) is 23.8 Å². The summed E-state index contributed by atoms with van der Waals surface area (Å²) < 4.78 is 0. The van der Waals surface area contributed by atoms with Crippen LogP contribution in [0.2, 0.25) is 5.02 Å². The Kier molecular flexibility index (Phi) is 5.74. The fourth-order valence-electron chi connectivity index (χ4n) is 1.20. The molecular weight excluding hydrogens is 276 g/mol. The van der Waals surface area contributed by atoms with Gasteiger partial charge in [-0.15, -0.1) is 11.8 Å². The van der Waals surface area contributed by atoms with Gasteiger partial charge in [-0.3, -0.25) is 4.79 Å². The van der Waals surface area contributed by atoms with Gasteiger partial charge in [0.15, 0.2) is 0 Å². The van der Waals surface area contributed by atoms with Gasteiger partial charge in [0.25, 0.3) is 0 Å². The molecule has 0 aliphatic heterocycles. The third-order valence-corrected chi connectivity index (χ3v) is 3.48. The largest absolute Gasteiger partial charge is 0.393 e. The van der Waals surface area contributed by atoms with Gasteiger partial charge in [-0.2, -0.15) is 0 Å². The van der Waals surface area contributed by atoms with E-state index in [1.165, 1.54) is 11.8 Å². The van der Waals surface area contributed by atoms with Crippen molar-refractivity contribution in [2.75, 3.05) is 16.8 Å². The molecule has 0 heterocycles. The summed E-state index contributed by atoms with van der Waals surface area (Å²) in [5.41, 5.74) is 7.05. The molecule has 6 heteroatoms. The second-order valence-electron chi connectivity index (χ2n) is 3.47. The fraction of sp³-hybridized carbons (Fsp3) is 0.273. The van der Waals surface area contributed by atoms with Crippen LogP contribution in [0.3, 0.4) is 0 Å². The third-order valence-electron chi connectivity index (χ3n) is 1.94. The molecule has 0 fully saturated rings. The number of nitrogens with two attached hydrogens (primary N) is 1. The van der Waals surface area contributed by atoms with Crippen molar-refractivity contribution in [3.8, 4) is 0 Å². The zero-order chi connectivity index (χ0) is 12.8. The molecule has 92 valence electrons. The standard InChI is InChI=1S/C11H13ClN2OS2/c1-7-4-8(12)2-3-9(7)14-11(15)6-17-5-10(13)16/h2-4H,5-6H2,1H3,(H2,13,16)(H,14,15). The molecule has 0 unspecified atom stereocenters. The summed E-state index contributed by atoms with van der Waals surface area (Å²) in [5, 5.41) is 3.46. The topological polar surface area (TPSA) is 55.1 Å². The van der Waals surface area contributed by atoms with Gasteiger partial charge < -0.3 is 11.1 Å². The highest BCUT2D eigenvalue weighted by Crippen LogP contribution is 2.19. The number of hydrogen-bond acceptors (Lipinski definition) is 3. The summed E-state index contributed by atoms with van der Waals surface area (Å²) in [4.78, 5) is 12.0. The lowest BCUT2D eigenvalue weighted by molar-refractivity contribution is -0.113. The van der Waals surface area contributed by atoms with Gasteiger partial charge in [-0.25, -0.2) is 0 Å². The van der Waals surface area contributed by atoms with Crippen molar-refractivity contribution in [3.05, 3.63) is 28.8 Å². The average Bonchev–Trinajstić information content (AvgIpc) is 2.21. The normalized spacial score (nSPS) is 10.0. The van der Waals surface area contributed by atoms with Crippen molar-refractivity contribution >= 4 is 52.2 Å². The minimum absolute atomic E-state index is 0.0725. The van der Waals surface area contributed by atoms with Crippen LogP contribution in [0.25, 0.3) is 0 Å². The number of thioether (sulfide) groups is 1. The number of thiocarbonyl (C=S) groups is 1. The molecule has 3 N–H and O–H groups in total. The highest BCUT2D eigenvalue weighted by molar-refractivity contribution is 8.01. The lowest BCUT2D eigenvalue weighted by atomic mass is 10.2. The van der Waals surface area contributed by atoms with Crippen LogP contribution in [0, 0.1) is 6.92 Å². The van der Waals surface area contributed by atoms with Crippen molar-refractivity contribution in [3.63, 3.8) is 0 Å². The van der Waals surface area contributed by atoms with E-state index in [4.69, 9.17) is 29.6 Å². The molecule has 1 aromatic carbocycles. The summed E-state index contributed by atoms with van der Waals surface area (Å²) in [6.45, 7) is 1.89. The number of benzene rings is 1. The zero-order valence-corrected chi connectivity index (χ0v) is 11.7. The van der Waals surface area contributed by atoms with Crippen molar-refractivity contribution in [1.82, 2.24) is 0 Å². The molecule has 0 spiro atoms. The lowest BCUT2D eigenvalue weighted by Crippen LogP contribution is -2.17. The predicted molar refractivity (Wildman–Crippen MR) is 78.9 cm³/mol. The number of nitrogens with one attached hydrogen (secondary N) is 1. The van der Waals surface area contributed by atoms with Crippen LogP contribution in [0.5, 0.6) is 0 Å². The van der Waals surface area contributed by atoms with Crippen molar-refractivity contribution in [1.29, 1.82) is 0 Å². The fourth-order valence-corrected chi connectivity index (χ4v) is 2.24. The number of carbonyl (C=O) groups excluding carboxylic acids is 1. The van der Waals surface area contributed by atoms with Crippen LogP contribution in [0.1, 0.15) is 5.56 Å². The van der Waals surface area contributed by atoms with Gasteiger partial charge in [-0.05, 0) is 30.7 Å². The predicted octanol–water partition coefficient (Wildman–Crippen LogP) is 2.61. The monoisotopic (exact) mass is 288 g/mol. The molecule has 0 atom stereocenters. The van der Waals surface area contributed by atoms with E-state index in [0.29, 0.717) is 21.5 Å². The third kappa shape index (κ3) is 5.39. The molecule has 1 aromatic rings. The van der Waals surface area contributed by atoms with E-state index >= 15 is 0 Å². The first kappa shape index (κ1) is 14.3. The molecule has 0 saturated carbocycles. The Labute approximate surface area is 115 Å². The Morgan fingerprint density at radius 1 is 1.53 bits per heavy atom. The Hall–Kier alpha value is -0.780. The van der Waals surface area contributed by atoms with Crippen LogP contribution >= 0.6 is 35.6 Å². The second-order valence-corrected chi connectivity index (χ2v) is 5.41. The highest BCUT2D eigenvalue weighted by Gasteiger charge is 2.05.